The summed E-state index contributed by atoms with van der Waals surface area (Å²) in [7, 11) is 0. The largest absolute Gasteiger partial charge is 0.458 e. The Hall–Kier alpha value is -1.06. The van der Waals surface area contributed by atoms with Gasteiger partial charge in [-0.3, -0.25) is 0 Å². The summed E-state index contributed by atoms with van der Waals surface area (Å²) in [6.45, 7) is 6.75. The van der Waals surface area contributed by atoms with Crippen molar-refractivity contribution in [3.8, 4) is 0 Å². The summed E-state index contributed by atoms with van der Waals surface area (Å²) in [5.41, 5.74) is 4.96. The van der Waals surface area contributed by atoms with Crippen LogP contribution in [0.25, 0.3) is 0 Å². The van der Waals surface area contributed by atoms with Crippen LogP contribution >= 0.6 is 0 Å². The molecule has 10 heteroatoms. The van der Waals surface area contributed by atoms with Gasteiger partial charge in [-0.25, -0.2) is 4.21 Å². The van der Waals surface area contributed by atoms with Gasteiger partial charge in [0.15, 0.2) is 0 Å². The fourth-order valence-electron chi connectivity index (χ4n) is 1.37. The summed E-state index contributed by atoms with van der Waals surface area (Å²) >= 11 is -2.27. The Morgan fingerprint density at radius 2 is 1.96 bits per heavy atom. The Morgan fingerprint density at radius 3 is 2.35 bits per heavy atom. The standard InChI is InChI=1S/C13H19F5N2O2S/c1-4-20(8-5-7-19)22-23(21)9-6-11(10(2)3)12(14,15)13(16,17)18/h9H,2,4-5,7-8,19H2,1,3H3. The maximum absolute atomic E-state index is 13.3. The van der Waals surface area contributed by atoms with Crippen molar-refractivity contribution in [2.24, 2.45) is 5.73 Å². The van der Waals surface area contributed by atoms with Crippen LogP contribution in [0.2, 0.25) is 0 Å². The minimum atomic E-state index is -5.80. The molecule has 1 atom stereocenters. The molecule has 1 unspecified atom stereocenters. The molecule has 0 aromatic heterocycles. The van der Waals surface area contributed by atoms with E-state index >= 15 is 0 Å². The zero-order chi connectivity index (χ0) is 18.3. The van der Waals surface area contributed by atoms with Gasteiger partial charge in [-0.2, -0.15) is 31.3 Å². The van der Waals surface area contributed by atoms with Crippen LogP contribution in [0, 0.1) is 0 Å². The molecule has 0 amide bonds. The Balaban J connectivity index is 5.32. The maximum Gasteiger partial charge on any atom is 0.458 e. The van der Waals surface area contributed by atoms with Crippen LogP contribution in [0.15, 0.2) is 28.9 Å². The van der Waals surface area contributed by atoms with E-state index < -0.39 is 34.3 Å². The van der Waals surface area contributed by atoms with E-state index in [4.69, 9.17) is 10.0 Å². The first-order chi connectivity index (χ1) is 10.5. The van der Waals surface area contributed by atoms with Crippen molar-refractivity contribution in [1.29, 1.82) is 0 Å². The van der Waals surface area contributed by atoms with Crippen LogP contribution in [0.1, 0.15) is 20.3 Å². The number of halogens is 5. The van der Waals surface area contributed by atoms with E-state index in [9.17, 15) is 26.2 Å². The molecular formula is C13H19F5N2O2S. The van der Waals surface area contributed by atoms with Gasteiger partial charge in [-0.15, -0.1) is 0 Å². The van der Waals surface area contributed by atoms with E-state index in [0.29, 0.717) is 31.5 Å². The van der Waals surface area contributed by atoms with Gasteiger partial charge < -0.3 is 5.73 Å². The second-order valence-corrected chi connectivity index (χ2v) is 5.39. The zero-order valence-corrected chi connectivity index (χ0v) is 13.6. The molecule has 0 saturated heterocycles. The smallest absolute Gasteiger partial charge is 0.330 e. The third kappa shape index (κ3) is 6.92. The van der Waals surface area contributed by atoms with Crippen LogP contribution < -0.4 is 5.73 Å². The maximum atomic E-state index is 13.3. The molecular weight excluding hydrogens is 343 g/mol. The monoisotopic (exact) mass is 362 g/mol. The topological polar surface area (TPSA) is 55.6 Å². The zero-order valence-electron chi connectivity index (χ0n) is 12.8. The molecule has 0 aromatic carbocycles. The molecule has 0 aliphatic rings. The van der Waals surface area contributed by atoms with Crippen molar-refractivity contribution in [1.82, 2.24) is 5.06 Å². The van der Waals surface area contributed by atoms with Crippen molar-refractivity contribution in [3.63, 3.8) is 0 Å². The van der Waals surface area contributed by atoms with Gasteiger partial charge >= 0.3 is 12.1 Å². The summed E-state index contributed by atoms with van der Waals surface area (Å²) in [5.74, 6) is -5.15. The predicted molar refractivity (Wildman–Crippen MR) is 77.6 cm³/mol. The Morgan fingerprint density at radius 1 is 1.39 bits per heavy atom. The molecule has 0 bridgehead atoms. The first-order valence-corrected chi connectivity index (χ1v) is 7.72. The lowest BCUT2D eigenvalue weighted by Gasteiger charge is -2.21. The number of hydrogen-bond acceptors (Lipinski definition) is 4. The third-order valence-electron chi connectivity index (χ3n) is 2.54. The number of hydroxylamine groups is 2. The minimum absolute atomic E-state index is 0.329. The lowest BCUT2D eigenvalue weighted by molar-refractivity contribution is -0.263. The van der Waals surface area contributed by atoms with Crippen LogP contribution in [-0.4, -0.2) is 41.0 Å². The van der Waals surface area contributed by atoms with Crippen molar-refractivity contribution in [2.45, 2.75) is 32.4 Å². The Labute approximate surface area is 134 Å². The summed E-state index contributed by atoms with van der Waals surface area (Å²) in [6, 6.07) is 0. The average Bonchev–Trinajstić information content (AvgIpc) is 2.41. The molecule has 0 saturated carbocycles. The SMILES string of the molecule is C=C(C)C(=C=CS(=O)ON(CC)CCCN)C(F)(F)C(F)(F)F. The molecule has 0 rings (SSSR count). The third-order valence-corrected chi connectivity index (χ3v) is 3.21. The van der Waals surface area contributed by atoms with Gasteiger partial charge in [0, 0.05) is 13.1 Å². The van der Waals surface area contributed by atoms with Gasteiger partial charge in [-0.05, 0) is 25.5 Å². The second kappa shape index (κ2) is 9.29. The summed E-state index contributed by atoms with van der Waals surface area (Å²) < 4.78 is 80.3. The van der Waals surface area contributed by atoms with Crippen molar-refractivity contribution in [2.75, 3.05) is 19.6 Å². The van der Waals surface area contributed by atoms with Gasteiger partial charge in [0.1, 0.15) is 0 Å². The van der Waals surface area contributed by atoms with E-state index in [1.807, 2.05) is 0 Å². The van der Waals surface area contributed by atoms with Crippen LogP contribution in [0.5, 0.6) is 0 Å². The highest BCUT2D eigenvalue weighted by Crippen LogP contribution is 2.42. The number of rotatable bonds is 9. The van der Waals surface area contributed by atoms with Gasteiger partial charge in [0.25, 0.3) is 0 Å². The second-order valence-electron chi connectivity index (χ2n) is 4.49. The minimum Gasteiger partial charge on any atom is -0.330 e. The number of hydrogen-bond donors (Lipinski definition) is 1. The molecule has 0 aromatic rings. The van der Waals surface area contributed by atoms with E-state index in [1.54, 1.807) is 12.7 Å². The quantitative estimate of drug-likeness (QED) is 0.296. The van der Waals surface area contributed by atoms with Gasteiger partial charge in [0.2, 0.25) is 11.1 Å². The number of allylic oxidation sites excluding steroid dienone is 2. The van der Waals surface area contributed by atoms with Crippen molar-refractivity contribution in [3.05, 3.63) is 28.9 Å². The molecule has 23 heavy (non-hydrogen) atoms. The molecule has 134 valence electrons. The highest BCUT2D eigenvalue weighted by molar-refractivity contribution is 7.83. The lowest BCUT2D eigenvalue weighted by Crippen LogP contribution is -2.38. The fourth-order valence-corrected chi connectivity index (χ4v) is 2.02. The highest BCUT2D eigenvalue weighted by atomic mass is 32.2. The van der Waals surface area contributed by atoms with Crippen LogP contribution in [0.3, 0.4) is 0 Å². The van der Waals surface area contributed by atoms with E-state index in [1.165, 1.54) is 5.06 Å². The number of nitrogens with two attached hydrogens (primary N) is 1. The number of nitrogens with zero attached hydrogens (tertiary/aromatic N) is 1. The highest BCUT2D eigenvalue weighted by Gasteiger charge is 2.60. The van der Waals surface area contributed by atoms with E-state index in [-0.39, 0.29) is 0 Å². The first kappa shape index (κ1) is 21.9. The molecule has 0 spiro atoms. The molecule has 4 nitrogen and oxygen atoms in total. The van der Waals surface area contributed by atoms with Crippen molar-refractivity contribution < 1.29 is 30.4 Å². The van der Waals surface area contributed by atoms with Crippen LogP contribution in [-0.2, 0) is 15.4 Å². The van der Waals surface area contributed by atoms with Gasteiger partial charge in [-0.1, -0.05) is 19.2 Å². The average molecular weight is 362 g/mol. The molecule has 0 radical (unpaired) electrons. The van der Waals surface area contributed by atoms with E-state index in [0.717, 1.165) is 6.92 Å². The Kier molecular flexibility index (Phi) is 8.86. The lowest BCUT2D eigenvalue weighted by atomic mass is 10.0. The fraction of sp³-hybridized carbons (Fsp3) is 0.615. The Bertz CT molecular complexity index is 499. The van der Waals surface area contributed by atoms with Crippen molar-refractivity contribution >= 4 is 11.1 Å². The molecule has 0 heterocycles. The summed E-state index contributed by atoms with van der Waals surface area (Å²) in [4.78, 5) is 0. The normalized spacial score (nSPS) is 13.6. The number of alkyl halides is 5. The molecule has 0 aliphatic carbocycles. The summed E-state index contributed by atoms with van der Waals surface area (Å²) in [5, 5.41) is 1.75. The molecule has 0 fully saturated rings. The summed E-state index contributed by atoms with van der Waals surface area (Å²) in [6.07, 6.45) is -5.27. The van der Waals surface area contributed by atoms with Crippen LogP contribution in [0.4, 0.5) is 22.0 Å². The first-order valence-electron chi connectivity index (χ1n) is 6.59. The predicted octanol–water partition coefficient (Wildman–Crippen LogP) is 3.07. The van der Waals surface area contributed by atoms with E-state index in [2.05, 4.69) is 6.58 Å². The van der Waals surface area contributed by atoms with Gasteiger partial charge in [0.05, 0.1) is 11.0 Å². The molecule has 2 N–H and O–H groups in total. The molecule has 0 aliphatic heterocycles.